The van der Waals surface area contributed by atoms with Crippen LogP contribution in [-0.4, -0.2) is 62.4 Å². The van der Waals surface area contributed by atoms with E-state index in [4.69, 9.17) is 0 Å². The van der Waals surface area contributed by atoms with E-state index in [1.54, 1.807) is 14.1 Å². The van der Waals surface area contributed by atoms with Crippen molar-refractivity contribution in [1.82, 2.24) is 25.2 Å². The maximum Gasteiger partial charge on any atom is 0.329 e. The number of carboxylic acids is 1. The van der Waals surface area contributed by atoms with Crippen LogP contribution in [0.2, 0.25) is 0 Å². The average Bonchev–Trinajstić information content (AvgIpc) is 2.98. The zero-order chi connectivity index (χ0) is 17.9. The number of aliphatic carboxylic acids is 1. The molecule has 1 aromatic heterocycles. The van der Waals surface area contributed by atoms with Gasteiger partial charge in [-0.15, -0.1) is 5.10 Å². The lowest BCUT2D eigenvalue weighted by Crippen LogP contribution is -2.56. The topological polar surface area (TPSA) is 117 Å². The van der Waals surface area contributed by atoms with E-state index in [-0.39, 0.29) is 18.1 Å². The molecule has 0 unspecified atom stereocenters. The molecule has 0 atom stereocenters. The zero-order valence-electron chi connectivity index (χ0n) is 14.2. The predicted molar refractivity (Wildman–Crippen MR) is 84.2 cm³/mol. The molecule has 1 aliphatic rings. The number of amides is 2. The number of hydrogen-bond donors (Lipinski definition) is 2. The Morgan fingerprint density at radius 3 is 2.54 bits per heavy atom. The fourth-order valence-corrected chi connectivity index (χ4v) is 2.69. The third kappa shape index (κ3) is 3.90. The van der Waals surface area contributed by atoms with Crippen LogP contribution in [0.25, 0.3) is 0 Å². The van der Waals surface area contributed by atoms with Gasteiger partial charge in [-0.3, -0.25) is 9.59 Å². The predicted octanol–water partition coefficient (Wildman–Crippen LogP) is 0.130. The summed E-state index contributed by atoms with van der Waals surface area (Å²) >= 11 is 0. The number of likely N-dealkylation sites (N-methyl/N-ethyl adjacent to an activating group) is 1. The van der Waals surface area contributed by atoms with Crippen molar-refractivity contribution in [1.29, 1.82) is 0 Å². The Morgan fingerprint density at radius 2 is 2.00 bits per heavy atom. The second kappa shape index (κ2) is 6.98. The maximum absolute atomic E-state index is 12.4. The summed E-state index contributed by atoms with van der Waals surface area (Å²) in [5.74, 6) is -1.35. The molecule has 9 nitrogen and oxygen atoms in total. The number of carboxylic acid groups (broad SMARTS) is 1. The molecule has 1 aromatic rings. The summed E-state index contributed by atoms with van der Waals surface area (Å²) in [5, 5.41) is 19.6. The van der Waals surface area contributed by atoms with Crippen LogP contribution in [0.15, 0.2) is 6.20 Å². The highest BCUT2D eigenvalue weighted by molar-refractivity contribution is 5.96. The molecule has 132 valence electrons. The van der Waals surface area contributed by atoms with E-state index >= 15 is 0 Å². The fourth-order valence-electron chi connectivity index (χ4n) is 2.69. The Bertz CT molecular complexity index is 632. The maximum atomic E-state index is 12.4. The fraction of sp³-hybridized carbons (Fsp3) is 0.667. The Labute approximate surface area is 140 Å². The van der Waals surface area contributed by atoms with E-state index in [0.717, 1.165) is 12.8 Å². The number of carbonyl (C=O) groups excluding carboxylic acids is 2. The monoisotopic (exact) mass is 337 g/mol. The van der Waals surface area contributed by atoms with Gasteiger partial charge in [-0.2, -0.15) is 0 Å². The van der Waals surface area contributed by atoms with Crippen molar-refractivity contribution < 1.29 is 19.5 Å². The zero-order valence-corrected chi connectivity index (χ0v) is 14.2. The van der Waals surface area contributed by atoms with Gasteiger partial charge in [-0.1, -0.05) is 12.1 Å². The summed E-state index contributed by atoms with van der Waals surface area (Å²) in [6, 6.07) is 0. The van der Waals surface area contributed by atoms with Crippen LogP contribution in [0, 0.1) is 5.92 Å². The first-order valence-corrected chi connectivity index (χ1v) is 7.90. The van der Waals surface area contributed by atoms with Gasteiger partial charge in [0.1, 0.15) is 12.1 Å². The van der Waals surface area contributed by atoms with Crippen molar-refractivity contribution in [2.45, 2.75) is 44.7 Å². The molecule has 1 heterocycles. The van der Waals surface area contributed by atoms with Gasteiger partial charge in [-0.05, 0) is 31.6 Å². The number of aromatic nitrogens is 3. The molecule has 0 aromatic carbocycles. The summed E-state index contributed by atoms with van der Waals surface area (Å²) in [6.07, 6.45) is 3.62. The highest BCUT2D eigenvalue weighted by Crippen LogP contribution is 2.32. The van der Waals surface area contributed by atoms with E-state index < -0.39 is 17.4 Å². The van der Waals surface area contributed by atoms with Crippen LogP contribution in [0.5, 0.6) is 0 Å². The van der Waals surface area contributed by atoms with Crippen molar-refractivity contribution in [2.24, 2.45) is 5.92 Å². The molecule has 0 saturated heterocycles. The number of hydrogen-bond acceptors (Lipinski definition) is 5. The molecule has 24 heavy (non-hydrogen) atoms. The SMILES string of the molecule is CC1CCC(NC(=O)c2cn(CC(=O)N(C)C)nn2)(C(=O)O)CC1. The number of nitrogens with one attached hydrogen (secondary N) is 1. The van der Waals surface area contributed by atoms with Gasteiger partial charge in [0.05, 0.1) is 6.20 Å². The van der Waals surface area contributed by atoms with Crippen LogP contribution < -0.4 is 5.32 Å². The van der Waals surface area contributed by atoms with Gasteiger partial charge in [0.25, 0.3) is 5.91 Å². The van der Waals surface area contributed by atoms with Gasteiger partial charge >= 0.3 is 5.97 Å². The van der Waals surface area contributed by atoms with Gasteiger partial charge < -0.3 is 15.3 Å². The Balaban J connectivity index is 2.07. The van der Waals surface area contributed by atoms with Crippen molar-refractivity contribution in [3.8, 4) is 0 Å². The third-order valence-electron chi connectivity index (χ3n) is 4.46. The van der Waals surface area contributed by atoms with Gasteiger partial charge in [0.2, 0.25) is 5.91 Å². The standard InChI is InChI=1S/C15H23N5O4/c1-10-4-6-15(7-5-10,14(23)24)16-13(22)11-8-20(18-17-11)9-12(21)19(2)3/h8,10H,4-7,9H2,1-3H3,(H,16,22)(H,23,24). The van der Waals surface area contributed by atoms with Crippen molar-refractivity contribution in [3.63, 3.8) is 0 Å². The molecule has 2 amide bonds. The highest BCUT2D eigenvalue weighted by atomic mass is 16.4. The minimum absolute atomic E-state index is 0.000744. The molecule has 2 N–H and O–H groups in total. The molecular formula is C15H23N5O4. The van der Waals surface area contributed by atoms with Crippen LogP contribution in [0.4, 0.5) is 0 Å². The number of carbonyl (C=O) groups is 3. The molecule has 2 rings (SSSR count). The molecular weight excluding hydrogens is 314 g/mol. The Morgan fingerprint density at radius 1 is 1.38 bits per heavy atom. The summed E-state index contributed by atoms with van der Waals surface area (Å²) in [5.41, 5.74) is -1.26. The number of rotatable bonds is 5. The molecule has 0 aliphatic heterocycles. The van der Waals surface area contributed by atoms with Crippen LogP contribution in [0.3, 0.4) is 0 Å². The van der Waals surface area contributed by atoms with Crippen LogP contribution in [0.1, 0.15) is 43.1 Å². The second-order valence-corrected chi connectivity index (χ2v) is 6.61. The average molecular weight is 337 g/mol. The van der Waals surface area contributed by atoms with E-state index in [1.807, 2.05) is 0 Å². The van der Waals surface area contributed by atoms with Crippen molar-refractivity contribution in [2.75, 3.05) is 14.1 Å². The molecule has 0 radical (unpaired) electrons. The normalized spacial score (nSPS) is 23.5. The summed E-state index contributed by atoms with van der Waals surface area (Å²) in [4.78, 5) is 37.1. The highest BCUT2D eigenvalue weighted by Gasteiger charge is 2.43. The van der Waals surface area contributed by atoms with Gasteiger partial charge in [0, 0.05) is 14.1 Å². The summed E-state index contributed by atoms with van der Waals surface area (Å²) in [6.45, 7) is 2.04. The lowest BCUT2D eigenvalue weighted by atomic mass is 9.77. The molecule has 0 spiro atoms. The quantitative estimate of drug-likeness (QED) is 0.788. The molecule has 1 aliphatic carbocycles. The first kappa shape index (κ1) is 17.9. The molecule has 0 bridgehead atoms. The minimum Gasteiger partial charge on any atom is -0.480 e. The van der Waals surface area contributed by atoms with Gasteiger partial charge in [0.15, 0.2) is 5.69 Å². The van der Waals surface area contributed by atoms with Crippen molar-refractivity contribution in [3.05, 3.63) is 11.9 Å². The van der Waals surface area contributed by atoms with Crippen molar-refractivity contribution >= 4 is 17.8 Å². The molecule has 9 heteroatoms. The second-order valence-electron chi connectivity index (χ2n) is 6.61. The molecule has 1 fully saturated rings. The first-order chi connectivity index (χ1) is 11.2. The van der Waals surface area contributed by atoms with Crippen LogP contribution >= 0.6 is 0 Å². The Kier molecular flexibility index (Phi) is 5.20. The number of nitrogens with zero attached hydrogens (tertiary/aromatic N) is 4. The lowest BCUT2D eigenvalue weighted by Gasteiger charge is -2.36. The lowest BCUT2D eigenvalue weighted by molar-refractivity contribution is -0.146. The van der Waals surface area contributed by atoms with E-state index in [1.165, 1.54) is 15.8 Å². The van der Waals surface area contributed by atoms with Gasteiger partial charge in [-0.25, -0.2) is 9.48 Å². The Hall–Kier alpha value is -2.45. The van der Waals surface area contributed by atoms with E-state index in [0.29, 0.717) is 18.8 Å². The van der Waals surface area contributed by atoms with E-state index in [9.17, 15) is 19.5 Å². The first-order valence-electron chi connectivity index (χ1n) is 7.90. The van der Waals surface area contributed by atoms with E-state index in [2.05, 4.69) is 22.6 Å². The largest absolute Gasteiger partial charge is 0.480 e. The molecule has 1 saturated carbocycles. The summed E-state index contributed by atoms with van der Waals surface area (Å²) < 4.78 is 1.26. The van der Waals surface area contributed by atoms with Crippen LogP contribution in [-0.2, 0) is 16.1 Å². The minimum atomic E-state index is -1.26. The smallest absolute Gasteiger partial charge is 0.329 e. The third-order valence-corrected chi connectivity index (χ3v) is 4.46. The summed E-state index contributed by atoms with van der Waals surface area (Å²) in [7, 11) is 3.24.